The number of aryl methyl sites for hydroxylation is 2. The third-order valence-corrected chi connectivity index (χ3v) is 3.29. The molecule has 1 N–H and O–H groups in total. The maximum Gasteiger partial charge on any atom is 0.196 e. The molecule has 3 aromatic rings. The molecule has 3 heteroatoms. The fraction of sp³-hybridized carbons (Fsp3) is 0.118. The second kappa shape index (κ2) is 5.21. The molecule has 1 heterocycles. The monoisotopic (exact) mass is 266 g/mol. The van der Waals surface area contributed by atoms with Crippen LogP contribution in [0.2, 0.25) is 0 Å². The standard InChI is InChI=1S/C17H14O3/c18-14-7-4-8-16-17(14)15(19)11-13(20-16)10-9-12-5-2-1-3-6-12/h1-8,11,18H,9-10H2. The first-order valence-corrected chi connectivity index (χ1v) is 6.53. The Hall–Kier alpha value is -2.55. The van der Waals surface area contributed by atoms with E-state index in [-0.39, 0.29) is 16.6 Å². The van der Waals surface area contributed by atoms with Crippen LogP contribution in [-0.4, -0.2) is 5.11 Å². The Morgan fingerprint density at radius 2 is 1.75 bits per heavy atom. The van der Waals surface area contributed by atoms with Crippen LogP contribution >= 0.6 is 0 Å². The van der Waals surface area contributed by atoms with Gasteiger partial charge in [-0.2, -0.15) is 0 Å². The molecule has 2 aromatic carbocycles. The van der Waals surface area contributed by atoms with Gasteiger partial charge in [0.05, 0.1) is 0 Å². The van der Waals surface area contributed by atoms with E-state index in [9.17, 15) is 9.90 Å². The first kappa shape index (κ1) is 12.5. The second-order valence-corrected chi connectivity index (χ2v) is 4.71. The molecule has 0 unspecified atom stereocenters. The molecule has 0 spiro atoms. The van der Waals surface area contributed by atoms with Crippen molar-refractivity contribution in [3.63, 3.8) is 0 Å². The van der Waals surface area contributed by atoms with Gasteiger partial charge in [-0.25, -0.2) is 0 Å². The molecule has 0 amide bonds. The van der Waals surface area contributed by atoms with E-state index in [1.165, 1.54) is 17.7 Å². The highest BCUT2D eigenvalue weighted by Crippen LogP contribution is 2.22. The average molecular weight is 266 g/mol. The maximum atomic E-state index is 12.0. The van der Waals surface area contributed by atoms with Crippen LogP contribution in [0.5, 0.6) is 5.75 Å². The Labute approximate surface area is 116 Å². The van der Waals surface area contributed by atoms with E-state index in [0.717, 1.165) is 6.42 Å². The van der Waals surface area contributed by atoms with E-state index in [0.29, 0.717) is 17.8 Å². The lowest BCUT2D eigenvalue weighted by atomic mass is 10.1. The number of phenols is 1. The van der Waals surface area contributed by atoms with Gasteiger partial charge in [0.1, 0.15) is 22.5 Å². The lowest BCUT2D eigenvalue weighted by molar-refractivity contribution is 0.477. The minimum absolute atomic E-state index is 0.0362. The Bertz CT molecular complexity index is 788. The lowest BCUT2D eigenvalue weighted by Gasteiger charge is -2.04. The zero-order chi connectivity index (χ0) is 13.9. The van der Waals surface area contributed by atoms with Crippen molar-refractivity contribution in [3.8, 4) is 5.75 Å². The molecule has 0 radical (unpaired) electrons. The molecule has 0 aliphatic rings. The first-order chi connectivity index (χ1) is 9.74. The molecule has 100 valence electrons. The van der Waals surface area contributed by atoms with Gasteiger partial charge in [0.15, 0.2) is 5.43 Å². The SMILES string of the molecule is O=c1cc(CCc2ccccc2)oc2cccc(O)c12. The number of rotatable bonds is 3. The van der Waals surface area contributed by atoms with Crippen LogP contribution in [-0.2, 0) is 12.8 Å². The van der Waals surface area contributed by atoms with Crippen LogP contribution in [0.1, 0.15) is 11.3 Å². The number of hydrogen-bond donors (Lipinski definition) is 1. The smallest absolute Gasteiger partial charge is 0.196 e. The molecule has 3 rings (SSSR count). The predicted octanol–water partition coefficient (Wildman–Crippen LogP) is 3.28. The topological polar surface area (TPSA) is 50.4 Å². The molecule has 1 aromatic heterocycles. The Morgan fingerprint density at radius 1 is 0.950 bits per heavy atom. The highest BCUT2D eigenvalue weighted by molar-refractivity contribution is 5.82. The average Bonchev–Trinajstić information content (AvgIpc) is 2.46. The number of benzene rings is 2. The summed E-state index contributed by atoms with van der Waals surface area (Å²) in [5.41, 5.74) is 1.43. The van der Waals surface area contributed by atoms with Crippen LogP contribution < -0.4 is 5.43 Å². The van der Waals surface area contributed by atoms with E-state index in [2.05, 4.69) is 0 Å². The molecule has 3 nitrogen and oxygen atoms in total. The minimum Gasteiger partial charge on any atom is -0.507 e. The van der Waals surface area contributed by atoms with Crippen LogP contribution in [0.4, 0.5) is 0 Å². The molecule has 0 fully saturated rings. The van der Waals surface area contributed by atoms with Crippen molar-refractivity contribution < 1.29 is 9.52 Å². The summed E-state index contributed by atoms with van der Waals surface area (Å²) in [6.07, 6.45) is 1.47. The highest BCUT2D eigenvalue weighted by Gasteiger charge is 2.08. The summed E-state index contributed by atoms with van der Waals surface area (Å²) >= 11 is 0. The van der Waals surface area contributed by atoms with Gasteiger partial charge in [-0.05, 0) is 24.1 Å². The third kappa shape index (κ3) is 2.43. The summed E-state index contributed by atoms with van der Waals surface area (Å²) in [6, 6.07) is 16.4. The summed E-state index contributed by atoms with van der Waals surface area (Å²) in [4.78, 5) is 12.0. The Balaban J connectivity index is 1.92. The Morgan fingerprint density at radius 3 is 2.55 bits per heavy atom. The second-order valence-electron chi connectivity index (χ2n) is 4.71. The van der Waals surface area contributed by atoms with E-state index in [4.69, 9.17) is 4.42 Å². The summed E-state index contributed by atoms with van der Waals surface area (Å²) in [6.45, 7) is 0. The van der Waals surface area contributed by atoms with Gasteiger partial charge in [0.2, 0.25) is 0 Å². The molecule has 0 aliphatic carbocycles. The number of hydrogen-bond acceptors (Lipinski definition) is 3. The van der Waals surface area contributed by atoms with Crippen molar-refractivity contribution >= 4 is 11.0 Å². The zero-order valence-corrected chi connectivity index (χ0v) is 10.9. The van der Waals surface area contributed by atoms with Gasteiger partial charge in [-0.15, -0.1) is 0 Å². The van der Waals surface area contributed by atoms with Gasteiger partial charge in [-0.3, -0.25) is 4.79 Å². The summed E-state index contributed by atoms with van der Waals surface area (Å²) in [5.74, 6) is 0.600. The van der Waals surface area contributed by atoms with Crippen LogP contribution in [0.3, 0.4) is 0 Å². The van der Waals surface area contributed by atoms with Gasteiger partial charge < -0.3 is 9.52 Å². The fourth-order valence-electron chi connectivity index (χ4n) is 2.28. The number of phenolic OH excluding ortho intramolecular Hbond substituents is 1. The summed E-state index contributed by atoms with van der Waals surface area (Å²) < 4.78 is 5.69. The van der Waals surface area contributed by atoms with Gasteiger partial charge in [0.25, 0.3) is 0 Å². The lowest BCUT2D eigenvalue weighted by Crippen LogP contribution is -2.03. The van der Waals surface area contributed by atoms with Crippen LogP contribution in [0.15, 0.2) is 63.8 Å². The molecule has 0 aliphatic heterocycles. The van der Waals surface area contributed by atoms with Crippen LogP contribution in [0.25, 0.3) is 11.0 Å². The summed E-state index contributed by atoms with van der Waals surface area (Å²) in [5, 5.41) is 9.94. The Kier molecular flexibility index (Phi) is 3.25. The van der Waals surface area contributed by atoms with Gasteiger partial charge in [-0.1, -0.05) is 36.4 Å². The fourth-order valence-corrected chi connectivity index (χ4v) is 2.28. The van der Waals surface area contributed by atoms with E-state index in [1.54, 1.807) is 12.1 Å². The quantitative estimate of drug-likeness (QED) is 0.791. The maximum absolute atomic E-state index is 12.0. The summed E-state index contributed by atoms with van der Waals surface area (Å²) in [7, 11) is 0. The van der Waals surface area contributed by atoms with Crippen LogP contribution in [0, 0.1) is 0 Å². The molecule has 0 saturated heterocycles. The van der Waals surface area contributed by atoms with Crippen molar-refractivity contribution in [3.05, 3.63) is 76.1 Å². The third-order valence-electron chi connectivity index (χ3n) is 3.29. The van der Waals surface area contributed by atoms with E-state index >= 15 is 0 Å². The van der Waals surface area contributed by atoms with E-state index in [1.807, 2.05) is 30.3 Å². The highest BCUT2D eigenvalue weighted by atomic mass is 16.3. The number of aromatic hydroxyl groups is 1. The zero-order valence-electron chi connectivity index (χ0n) is 10.9. The van der Waals surface area contributed by atoms with Crippen molar-refractivity contribution in [2.45, 2.75) is 12.8 Å². The molecule has 20 heavy (non-hydrogen) atoms. The van der Waals surface area contributed by atoms with Crippen molar-refractivity contribution in [1.29, 1.82) is 0 Å². The van der Waals surface area contributed by atoms with E-state index < -0.39 is 0 Å². The normalized spacial score (nSPS) is 10.8. The van der Waals surface area contributed by atoms with Crippen molar-refractivity contribution in [2.75, 3.05) is 0 Å². The number of fused-ring (bicyclic) bond motifs is 1. The molecule has 0 atom stereocenters. The van der Waals surface area contributed by atoms with Crippen molar-refractivity contribution in [2.24, 2.45) is 0 Å². The first-order valence-electron chi connectivity index (χ1n) is 6.53. The molecule has 0 saturated carbocycles. The largest absolute Gasteiger partial charge is 0.507 e. The predicted molar refractivity (Wildman–Crippen MR) is 78.0 cm³/mol. The van der Waals surface area contributed by atoms with Gasteiger partial charge >= 0.3 is 0 Å². The molecular formula is C17H14O3. The molecule has 0 bridgehead atoms. The minimum atomic E-state index is -0.201. The van der Waals surface area contributed by atoms with Crippen molar-refractivity contribution in [1.82, 2.24) is 0 Å². The molecular weight excluding hydrogens is 252 g/mol. The van der Waals surface area contributed by atoms with Gasteiger partial charge in [0, 0.05) is 12.5 Å².